The molecule has 0 aliphatic rings. The Kier molecular flexibility index (Phi) is 3.14. The summed E-state index contributed by atoms with van der Waals surface area (Å²) in [6, 6.07) is 9.37. The Morgan fingerprint density at radius 2 is 2.17 bits per heavy atom. The zero-order valence-electron chi connectivity index (χ0n) is 13.2. The molecule has 0 amide bonds. The number of nitrogens with zero attached hydrogens (tertiary/aromatic N) is 3. The van der Waals surface area contributed by atoms with Crippen LogP contribution in [0.2, 0.25) is 0 Å². The quantitative estimate of drug-likeness (QED) is 0.588. The molecule has 1 aromatic carbocycles. The third kappa shape index (κ3) is 2.07. The van der Waals surface area contributed by atoms with Crippen LogP contribution >= 0.6 is 0 Å². The van der Waals surface area contributed by atoms with Gasteiger partial charge in [-0.3, -0.25) is 4.40 Å². The molecule has 0 bridgehead atoms. The fourth-order valence-corrected chi connectivity index (χ4v) is 2.70. The molecule has 0 radical (unpaired) electrons. The molecule has 4 rings (SSSR count). The van der Waals surface area contributed by atoms with E-state index in [1.807, 2.05) is 35.7 Å². The van der Waals surface area contributed by atoms with Crippen LogP contribution in [0.15, 0.2) is 41.1 Å². The molecule has 3 heterocycles. The van der Waals surface area contributed by atoms with Gasteiger partial charge in [-0.25, -0.2) is 9.97 Å². The van der Waals surface area contributed by atoms with Crippen molar-refractivity contribution in [2.75, 3.05) is 19.5 Å². The minimum absolute atomic E-state index is 0.538. The molecule has 3 aromatic heterocycles. The summed E-state index contributed by atoms with van der Waals surface area (Å²) in [5.74, 6) is 4.74. The number of rotatable bonds is 3. The molecular weight excluding hydrogens is 304 g/mol. The number of fused-ring (bicyclic) bond motifs is 2. The van der Waals surface area contributed by atoms with Crippen LogP contribution in [0.4, 0.5) is 5.82 Å². The summed E-state index contributed by atoms with van der Waals surface area (Å²) in [7, 11) is 3.47. The van der Waals surface area contributed by atoms with Gasteiger partial charge in [0.1, 0.15) is 40.5 Å². The van der Waals surface area contributed by atoms with E-state index in [1.165, 1.54) is 0 Å². The lowest BCUT2D eigenvalue weighted by Gasteiger charge is -2.01. The van der Waals surface area contributed by atoms with Gasteiger partial charge in [0.25, 0.3) is 0 Å². The number of ether oxygens (including phenoxy) is 1. The number of hydrogen-bond acceptors (Lipinski definition) is 5. The van der Waals surface area contributed by atoms with Crippen LogP contribution in [-0.2, 0) is 0 Å². The van der Waals surface area contributed by atoms with Crippen molar-refractivity contribution in [3.05, 3.63) is 42.4 Å². The van der Waals surface area contributed by atoms with E-state index >= 15 is 0 Å². The van der Waals surface area contributed by atoms with Crippen molar-refractivity contribution in [2.45, 2.75) is 0 Å². The lowest BCUT2D eigenvalue weighted by atomic mass is 10.2. The van der Waals surface area contributed by atoms with Gasteiger partial charge in [-0.15, -0.1) is 6.42 Å². The summed E-state index contributed by atoms with van der Waals surface area (Å²) in [5, 5.41) is 4.10. The number of hydrogen-bond donors (Lipinski definition) is 1. The normalized spacial score (nSPS) is 10.9. The van der Waals surface area contributed by atoms with Crippen LogP contribution in [-0.4, -0.2) is 28.5 Å². The molecule has 118 valence electrons. The first kappa shape index (κ1) is 14.2. The summed E-state index contributed by atoms with van der Waals surface area (Å²) >= 11 is 0. The summed E-state index contributed by atoms with van der Waals surface area (Å²) < 4.78 is 13.0. The first-order chi connectivity index (χ1) is 11.7. The predicted molar refractivity (Wildman–Crippen MR) is 92.2 cm³/mol. The predicted octanol–water partition coefficient (Wildman–Crippen LogP) is 3.17. The van der Waals surface area contributed by atoms with Crippen LogP contribution in [0.25, 0.3) is 28.1 Å². The van der Waals surface area contributed by atoms with Gasteiger partial charge in [0.2, 0.25) is 0 Å². The van der Waals surface area contributed by atoms with Crippen LogP contribution in [0.1, 0.15) is 5.69 Å². The Morgan fingerprint density at radius 3 is 2.92 bits per heavy atom. The molecule has 0 unspecified atom stereocenters. The highest BCUT2D eigenvalue weighted by molar-refractivity contribution is 5.86. The second-order valence-corrected chi connectivity index (χ2v) is 5.22. The Balaban J connectivity index is 1.93. The first-order valence-electron chi connectivity index (χ1n) is 7.34. The van der Waals surface area contributed by atoms with Crippen molar-refractivity contribution in [1.82, 2.24) is 14.4 Å². The second kappa shape index (κ2) is 5.32. The molecule has 6 heteroatoms. The van der Waals surface area contributed by atoms with Crippen LogP contribution < -0.4 is 10.1 Å². The fourth-order valence-electron chi connectivity index (χ4n) is 2.70. The van der Waals surface area contributed by atoms with Gasteiger partial charge < -0.3 is 14.5 Å². The van der Waals surface area contributed by atoms with E-state index in [0.717, 1.165) is 22.5 Å². The van der Waals surface area contributed by atoms with Crippen LogP contribution in [0, 0.1) is 12.3 Å². The molecule has 6 nitrogen and oxygen atoms in total. The van der Waals surface area contributed by atoms with E-state index in [4.69, 9.17) is 15.6 Å². The second-order valence-electron chi connectivity index (χ2n) is 5.22. The molecule has 0 aliphatic heterocycles. The van der Waals surface area contributed by atoms with E-state index in [-0.39, 0.29) is 0 Å². The standard InChI is InChI=1S/C18H14N4O2/c1-4-12-9-16-21-17(18(19-2)22(16)10-20-12)15-8-11-7-13(23-3)5-6-14(11)24-15/h1,5-10,19H,2-3H3. The molecule has 0 aliphatic carbocycles. The number of benzene rings is 1. The lowest BCUT2D eigenvalue weighted by Crippen LogP contribution is -1.97. The Bertz CT molecular complexity index is 1100. The topological polar surface area (TPSA) is 64.6 Å². The third-order valence-corrected chi connectivity index (χ3v) is 3.86. The van der Waals surface area contributed by atoms with E-state index in [1.54, 1.807) is 19.5 Å². The molecule has 0 saturated carbocycles. The number of anilines is 1. The van der Waals surface area contributed by atoms with E-state index in [2.05, 4.69) is 21.2 Å². The Hall–Kier alpha value is -3.46. The van der Waals surface area contributed by atoms with E-state index in [9.17, 15) is 0 Å². The Morgan fingerprint density at radius 1 is 1.29 bits per heavy atom. The molecule has 24 heavy (non-hydrogen) atoms. The van der Waals surface area contributed by atoms with Gasteiger partial charge in [0, 0.05) is 18.5 Å². The largest absolute Gasteiger partial charge is 0.497 e. The van der Waals surface area contributed by atoms with Crippen molar-refractivity contribution >= 4 is 22.4 Å². The molecule has 0 spiro atoms. The SMILES string of the molecule is C#Cc1cc2nc(-c3cc4cc(OC)ccc4o3)c(NC)n2cn1. The van der Waals surface area contributed by atoms with Crippen LogP contribution in [0.3, 0.4) is 0 Å². The lowest BCUT2D eigenvalue weighted by molar-refractivity contribution is 0.415. The highest BCUT2D eigenvalue weighted by Crippen LogP contribution is 2.34. The minimum atomic E-state index is 0.538. The number of terminal acetylenes is 1. The summed E-state index contributed by atoms with van der Waals surface area (Å²) in [5.41, 5.74) is 2.71. The van der Waals surface area contributed by atoms with Crippen molar-refractivity contribution in [3.8, 4) is 29.5 Å². The molecule has 0 atom stereocenters. The number of furan rings is 1. The van der Waals surface area contributed by atoms with Crippen LogP contribution in [0.5, 0.6) is 5.75 Å². The molecule has 0 saturated heterocycles. The monoisotopic (exact) mass is 318 g/mol. The maximum Gasteiger partial charge on any atom is 0.157 e. The zero-order valence-corrected chi connectivity index (χ0v) is 13.2. The number of nitrogens with one attached hydrogen (secondary N) is 1. The number of aromatic nitrogens is 3. The van der Waals surface area contributed by atoms with Gasteiger partial charge in [0.05, 0.1) is 7.11 Å². The van der Waals surface area contributed by atoms with Gasteiger partial charge >= 0.3 is 0 Å². The summed E-state index contributed by atoms with van der Waals surface area (Å²) in [6.07, 6.45) is 7.06. The zero-order chi connectivity index (χ0) is 16.7. The molecule has 1 N–H and O–H groups in total. The first-order valence-corrected chi connectivity index (χ1v) is 7.34. The smallest absolute Gasteiger partial charge is 0.157 e. The minimum Gasteiger partial charge on any atom is -0.497 e. The van der Waals surface area contributed by atoms with Crippen molar-refractivity contribution in [2.24, 2.45) is 0 Å². The van der Waals surface area contributed by atoms with Crippen molar-refractivity contribution in [1.29, 1.82) is 0 Å². The number of methoxy groups -OCH3 is 1. The molecule has 0 fully saturated rings. The van der Waals surface area contributed by atoms with Gasteiger partial charge in [0.15, 0.2) is 5.76 Å². The molecular formula is C18H14N4O2. The van der Waals surface area contributed by atoms with Gasteiger partial charge in [-0.1, -0.05) is 5.92 Å². The average Bonchev–Trinajstić information content (AvgIpc) is 3.20. The van der Waals surface area contributed by atoms with Gasteiger partial charge in [-0.05, 0) is 24.3 Å². The van der Waals surface area contributed by atoms with Crippen molar-refractivity contribution < 1.29 is 9.15 Å². The highest BCUT2D eigenvalue weighted by atomic mass is 16.5. The highest BCUT2D eigenvalue weighted by Gasteiger charge is 2.17. The fraction of sp³-hybridized carbons (Fsp3) is 0.111. The molecule has 4 aromatic rings. The average molecular weight is 318 g/mol. The Labute approximate surface area is 138 Å². The number of imidazole rings is 1. The maximum absolute atomic E-state index is 5.95. The van der Waals surface area contributed by atoms with E-state index in [0.29, 0.717) is 22.8 Å². The third-order valence-electron chi connectivity index (χ3n) is 3.86. The van der Waals surface area contributed by atoms with Gasteiger partial charge in [-0.2, -0.15) is 0 Å². The van der Waals surface area contributed by atoms with E-state index < -0.39 is 0 Å². The summed E-state index contributed by atoms with van der Waals surface area (Å²) in [4.78, 5) is 8.85. The van der Waals surface area contributed by atoms with Crippen molar-refractivity contribution in [3.63, 3.8) is 0 Å². The summed E-state index contributed by atoms with van der Waals surface area (Å²) in [6.45, 7) is 0. The maximum atomic E-state index is 5.95.